The Labute approximate surface area is 175 Å². The number of aromatic nitrogens is 2. The largest absolute Gasteiger partial charge is 0.455 e. The predicted octanol–water partition coefficient (Wildman–Crippen LogP) is 5.17. The summed E-state index contributed by atoms with van der Waals surface area (Å²) < 4.78 is 36.5. The molecule has 0 saturated heterocycles. The van der Waals surface area contributed by atoms with Crippen LogP contribution in [0.5, 0.6) is 0 Å². The molecule has 6 nitrogen and oxygen atoms in total. The van der Waals surface area contributed by atoms with Crippen LogP contribution in [0.1, 0.15) is 25.2 Å². The molecule has 2 aromatic heterocycles. The van der Waals surface area contributed by atoms with E-state index in [0.717, 1.165) is 17.5 Å². The smallest absolute Gasteiger partial charge is 0.293 e. The second-order valence-corrected chi connectivity index (χ2v) is 9.55. The Bertz CT molecular complexity index is 1220. The molecule has 0 N–H and O–H groups in total. The van der Waals surface area contributed by atoms with Crippen molar-refractivity contribution in [1.82, 2.24) is 10.1 Å². The summed E-state index contributed by atoms with van der Waals surface area (Å²) in [4.78, 5) is 4.61. The van der Waals surface area contributed by atoms with E-state index in [1.165, 1.54) is 0 Å². The molecule has 2 aromatic carbocycles. The molecule has 0 radical (unpaired) electrons. The standard InChI is InChI=1S/C23H22N2O4S/c1-16(2)14-17-8-11-20(12-9-17)30(26,27)15-19-10-13-21(28-19)23-24-22(25-29-23)18-6-4-3-5-7-18/h3-13,16H,14-15H2,1-2H3. The fraction of sp³-hybridized carbons (Fsp3) is 0.217. The first-order valence-electron chi connectivity index (χ1n) is 9.70. The molecular weight excluding hydrogens is 400 g/mol. The number of furan rings is 1. The van der Waals surface area contributed by atoms with Gasteiger partial charge in [0.25, 0.3) is 5.89 Å². The van der Waals surface area contributed by atoms with Gasteiger partial charge in [-0.3, -0.25) is 0 Å². The summed E-state index contributed by atoms with van der Waals surface area (Å²) in [5.41, 5.74) is 1.94. The van der Waals surface area contributed by atoms with E-state index in [1.807, 2.05) is 42.5 Å². The predicted molar refractivity (Wildman–Crippen MR) is 113 cm³/mol. The van der Waals surface area contributed by atoms with Gasteiger partial charge in [0.05, 0.1) is 4.90 Å². The molecule has 0 aliphatic heterocycles. The third-order valence-electron chi connectivity index (χ3n) is 4.59. The molecule has 0 aliphatic rings. The highest BCUT2D eigenvalue weighted by Crippen LogP contribution is 2.26. The van der Waals surface area contributed by atoms with Crippen LogP contribution >= 0.6 is 0 Å². The number of sulfone groups is 1. The molecule has 4 rings (SSSR count). The molecule has 0 atom stereocenters. The molecule has 2 heterocycles. The highest BCUT2D eigenvalue weighted by atomic mass is 32.2. The Kier molecular flexibility index (Phi) is 5.55. The van der Waals surface area contributed by atoms with E-state index in [0.29, 0.717) is 23.3 Å². The molecule has 0 bridgehead atoms. The normalized spacial score (nSPS) is 11.8. The average Bonchev–Trinajstić information content (AvgIpc) is 3.38. The van der Waals surface area contributed by atoms with Crippen molar-refractivity contribution in [2.75, 3.05) is 0 Å². The minimum Gasteiger partial charge on any atom is -0.455 e. The SMILES string of the molecule is CC(C)Cc1ccc(S(=O)(=O)Cc2ccc(-c3nc(-c4ccccc4)no3)o2)cc1. The van der Waals surface area contributed by atoms with Crippen molar-refractivity contribution in [2.45, 2.75) is 30.9 Å². The van der Waals surface area contributed by atoms with E-state index >= 15 is 0 Å². The third-order valence-corrected chi connectivity index (χ3v) is 6.24. The van der Waals surface area contributed by atoms with Gasteiger partial charge in [0, 0.05) is 5.56 Å². The summed E-state index contributed by atoms with van der Waals surface area (Å²) in [7, 11) is -3.53. The Morgan fingerprint density at radius 1 is 0.933 bits per heavy atom. The third kappa shape index (κ3) is 4.52. The van der Waals surface area contributed by atoms with Gasteiger partial charge < -0.3 is 8.94 Å². The van der Waals surface area contributed by atoms with E-state index in [1.54, 1.807) is 24.3 Å². The first kappa shape index (κ1) is 20.1. The summed E-state index contributed by atoms with van der Waals surface area (Å²) in [5, 5.41) is 3.96. The number of benzene rings is 2. The maximum atomic E-state index is 12.8. The highest BCUT2D eigenvalue weighted by molar-refractivity contribution is 7.90. The molecule has 0 amide bonds. The van der Waals surface area contributed by atoms with Gasteiger partial charge in [0.1, 0.15) is 11.5 Å². The van der Waals surface area contributed by atoms with Gasteiger partial charge >= 0.3 is 0 Å². The molecule has 0 fully saturated rings. The topological polar surface area (TPSA) is 86.2 Å². The highest BCUT2D eigenvalue weighted by Gasteiger charge is 2.20. The van der Waals surface area contributed by atoms with Crippen molar-refractivity contribution < 1.29 is 17.4 Å². The number of nitrogens with zero attached hydrogens (tertiary/aromatic N) is 2. The summed E-state index contributed by atoms with van der Waals surface area (Å²) in [5.74, 6) is 1.57. The Balaban J connectivity index is 1.50. The lowest BCUT2D eigenvalue weighted by Crippen LogP contribution is -2.04. The minimum absolute atomic E-state index is 0.204. The Hall–Kier alpha value is -3.19. The fourth-order valence-corrected chi connectivity index (χ4v) is 4.42. The molecule has 0 unspecified atom stereocenters. The van der Waals surface area contributed by atoms with Gasteiger partial charge in [0.15, 0.2) is 15.6 Å². The van der Waals surface area contributed by atoms with Gasteiger partial charge in [-0.15, -0.1) is 0 Å². The second-order valence-electron chi connectivity index (χ2n) is 7.56. The first-order valence-corrected chi connectivity index (χ1v) is 11.4. The summed E-state index contributed by atoms with van der Waals surface area (Å²) in [6.07, 6.45) is 0.914. The lowest BCUT2D eigenvalue weighted by molar-refractivity contribution is 0.413. The van der Waals surface area contributed by atoms with Gasteiger partial charge in [-0.25, -0.2) is 8.42 Å². The van der Waals surface area contributed by atoms with Gasteiger partial charge in [-0.1, -0.05) is 61.5 Å². The molecule has 4 aromatic rings. The monoisotopic (exact) mass is 422 g/mol. The van der Waals surface area contributed by atoms with Gasteiger partial charge in [-0.2, -0.15) is 4.98 Å². The molecule has 0 aliphatic carbocycles. The van der Waals surface area contributed by atoms with Crippen LogP contribution < -0.4 is 0 Å². The van der Waals surface area contributed by atoms with Crippen molar-refractivity contribution in [2.24, 2.45) is 5.92 Å². The van der Waals surface area contributed by atoms with Crippen molar-refractivity contribution in [3.63, 3.8) is 0 Å². The number of rotatable bonds is 7. The fourth-order valence-electron chi connectivity index (χ4n) is 3.17. The van der Waals surface area contributed by atoms with Crippen LogP contribution in [0.15, 0.2) is 80.6 Å². The molecule has 30 heavy (non-hydrogen) atoms. The zero-order chi connectivity index (χ0) is 21.1. The van der Waals surface area contributed by atoms with Crippen LogP contribution in [0, 0.1) is 5.92 Å². The average molecular weight is 423 g/mol. The second kappa shape index (κ2) is 8.28. The maximum absolute atomic E-state index is 12.8. The van der Waals surface area contributed by atoms with E-state index in [9.17, 15) is 8.42 Å². The van der Waals surface area contributed by atoms with Crippen LogP contribution in [-0.4, -0.2) is 18.6 Å². The zero-order valence-electron chi connectivity index (χ0n) is 16.8. The van der Waals surface area contributed by atoms with Crippen LogP contribution in [0.4, 0.5) is 0 Å². The van der Waals surface area contributed by atoms with Crippen molar-refractivity contribution >= 4 is 9.84 Å². The van der Waals surface area contributed by atoms with Crippen LogP contribution in [-0.2, 0) is 22.0 Å². The van der Waals surface area contributed by atoms with E-state index in [4.69, 9.17) is 8.94 Å². The van der Waals surface area contributed by atoms with Crippen LogP contribution in [0.25, 0.3) is 23.0 Å². The van der Waals surface area contributed by atoms with Crippen molar-refractivity contribution in [3.05, 3.63) is 78.1 Å². The molecule has 0 spiro atoms. The van der Waals surface area contributed by atoms with Gasteiger partial charge in [-0.05, 0) is 42.2 Å². The first-order chi connectivity index (χ1) is 14.4. The van der Waals surface area contributed by atoms with Crippen LogP contribution in [0.2, 0.25) is 0 Å². The lowest BCUT2D eigenvalue weighted by Gasteiger charge is -2.07. The summed E-state index contributed by atoms with van der Waals surface area (Å²) in [6.45, 7) is 4.26. The van der Waals surface area contributed by atoms with Crippen LogP contribution in [0.3, 0.4) is 0 Å². The molecule has 154 valence electrons. The Morgan fingerprint density at radius 3 is 2.37 bits per heavy atom. The number of hydrogen-bond donors (Lipinski definition) is 0. The van der Waals surface area contributed by atoms with Gasteiger partial charge in [0.2, 0.25) is 5.82 Å². The molecule has 7 heteroatoms. The maximum Gasteiger partial charge on any atom is 0.293 e. The quantitative estimate of drug-likeness (QED) is 0.408. The zero-order valence-corrected chi connectivity index (χ0v) is 17.6. The van der Waals surface area contributed by atoms with E-state index in [2.05, 4.69) is 24.0 Å². The lowest BCUT2D eigenvalue weighted by atomic mass is 10.0. The summed E-state index contributed by atoms with van der Waals surface area (Å²) >= 11 is 0. The van der Waals surface area contributed by atoms with Crippen molar-refractivity contribution in [3.8, 4) is 23.0 Å². The summed E-state index contributed by atoms with van der Waals surface area (Å²) in [6, 6.07) is 19.7. The van der Waals surface area contributed by atoms with E-state index in [-0.39, 0.29) is 16.5 Å². The molecule has 0 saturated carbocycles. The number of hydrogen-bond acceptors (Lipinski definition) is 6. The minimum atomic E-state index is -3.53. The van der Waals surface area contributed by atoms with E-state index < -0.39 is 9.84 Å². The Morgan fingerprint density at radius 2 is 1.67 bits per heavy atom. The molecular formula is C23H22N2O4S. The van der Waals surface area contributed by atoms with Crippen molar-refractivity contribution in [1.29, 1.82) is 0 Å².